The molecule has 0 aliphatic carbocycles. The molecule has 0 spiro atoms. The number of imide groups is 1. The highest BCUT2D eigenvalue weighted by atomic mass is 16.2. The number of carbonyl (C=O) groups is 2. The summed E-state index contributed by atoms with van der Waals surface area (Å²) in [7, 11) is 0. The molecule has 0 N–H and O–H groups in total. The quantitative estimate of drug-likeness (QED) is 0.692. The summed E-state index contributed by atoms with van der Waals surface area (Å²) in [4.78, 5) is 28.6. The first-order chi connectivity index (χ1) is 8.27. The molecule has 0 fully saturated rings. The van der Waals surface area contributed by atoms with E-state index in [2.05, 4.69) is 4.98 Å². The van der Waals surface area contributed by atoms with Crippen molar-refractivity contribution >= 4 is 28.4 Å². The van der Waals surface area contributed by atoms with E-state index in [0.717, 1.165) is 15.8 Å². The zero-order chi connectivity index (χ0) is 11.8. The normalized spacial score (nSPS) is 14.9. The van der Waals surface area contributed by atoms with Gasteiger partial charge in [-0.05, 0) is 12.1 Å². The maximum Gasteiger partial charge on any atom is 0.258 e. The van der Waals surface area contributed by atoms with E-state index in [9.17, 15) is 9.59 Å². The van der Waals surface area contributed by atoms with Crippen molar-refractivity contribution in [3.05, 3.63) is 48.7 Å². The first-order valence-electron chi connectivity index (χ1n) is 5.17. The van der Waals surface area contributed by atoms with Crippen molar-refractivity contribution in [2.75, 3.05) is 4.90 Å². The SMILES string of the molecule is O=C1C=CC(=O)N1c1ccnc2ccccc12. The van der Waals surface area contributed by atoms with Gasteiger partial charge in [-0.3, -0.25) is 14.6 Å². The van der Waals surface area contributed by atoms with Crippen LogP contribution in [0.1, 0.15) is 0 Å². The second kappa shape index (κ2) is 3.52. The number of aromatic nitrogens is 1. The van der Waals surface area contributed by atoms with E-state index in [1.54, 1.807) is 12.3 Å². The lowest BCUT2D eigenvalue weighted by atomic mass is 10.1. The number of pyridine rings is 1. The molecule has 0 atom stereocenters. The van der Waals surface area contributed by atoms with Crippen LogP contribution in [0.2, 0.25) is 0 Å². The van der Waals surface area contributed by atoms with Crippen LogP contribution in [0.3, 0.4) is 0 Å². The number of hydrogen-bond acceptors (Lipinski definition) is 3. The number of fused-ring (bicyclic) bond motifs is 1. The summed E-state index contributed by atoms with van der Waals surface area (Å²) in [5.41, 5.74) is 1.34. The predicted octanol–water partition coefficient (Wildman–Crippen LogP) is 1.66. The van der Waals surface area contributed by atoms with Gasteiger partial charge in [0, 0.05) is 23.7 Å². The number of nitrogens with zero attached hydrogens (tertiary/aromatic N) is 2. The number of rotatable bonds is 1. The van der Waals surface area contributed by atoms with Crippen molar-refractivity contribution < 1.29 is 9.59 Å². The summed E-state index contributed by atoms with van der Waals surface area (Å²) in [6.45, 7) is 0. The number of para-hydroxylation sites is 1. The summed E-state index contributed by atoms with van der Waals surface area (Å²) in [5.74, 6) is -0.627. The summed E-state index contributed by atoms with van der Waals surface area (Å²) in [6.07, 6.45) is 4.14. The van der Waals surface area contributed by atoms with Crippen LogP contribution in [0.15, 0.2) is 48.7 Å². The van der Waals surface area contributed by atoms with E-state index >= 15 is 0 Å². The average molecular weight is 224 g/mol. The first-order valence-corrected chi connectivity index (χ1v) is 5.17. The Morgan fingerprint density at radius 3 is 2.41 bits per heavy atom. The molecular formula is C13H8N2O2. The molecule has 0 radical (unpaired) electrons. The number of amides is 2. The molecule has 1 aromatic heterocycles. The Morgan fingerprint density at radius 1 is 0.941 bits per heavy atom. The minimum atomic E-state index is -0.314. The molecule has 2 aromatic rings. The van der Waals surface area contributed by atoms with Gasteiger partial charge in [-0.1, -0.05) is 18.2 Å². The van der Waals surface area contributed by atoms with Gasteiger partial charge in [0.05, 0.1) is 11.2 Å². The zero-order valence-corrected chi connectivity index (χ0v) is 8.83. The molecule has 4 nitrogen and oxygen atoms in total. The Balaban J connectivity index is 2.24. The van der Waals surface area contributed by atoms with Crippen molar-refractivity contribution in [2.24, 2.45) is 0 Å². The van der Waals surface area contributed by atoms with Crippen molar-refractivity contribution in [3.63, 3.8) is 0 Å². The van der Waals surface area contributed by atoms with Crippen molar-refractivity contribution in [1.29, 1.82) is 0 Å². The topological polar surface area (TPSA) is 50.3 Å². The van der Waals surface area contributed by atoms with Gasteiger partial charge >= 0.3 is 0 Å². The monoisotopic (exact) mass is 224 g/mol. The van der Waals surface area contributed by atoms with Crippen LogP contribution in [0.5, 0.6) is 0 Å². The van der Waals surface area contributed by atoms with Gasteiger partial charge in [0.2, 0.25) is 0 Å². The minimum Gasteiger partial charge on any atom is -0.269 e. The number of anilines is 1. The molecule has 1 aliphatic rings. The van der Waals surface area contributed by atoms with Gasteiger partial charge in [-0.2, -0.15) is 0 Å². The van der Waals surface area contributed by atoms with Gasteiger partial charge in [0.1, 0.15) is 0 Å². The van der Waals surface area contributed by atoms with Gasteiger partial charge in [0.25, 0.3) is 11.8 Å². The third-order valence-electron chi connectivity index (χ3n) is 2.68. The molecule has 0 bridgehead atoms. The zero-order valence-electron chi connectivity index (χ0n) is 8.83. The molecule has 0 saturated carbocycles. The molecule has 82 valence electrons. The van der Waals surface area contributed by atoms with Crippen LogP contribution in [0, 0.1) is 0 Å². The van der Waals surface area contributed by atoms with E-state index < -0.39 is 0 Å². The number of benzene rings is 1. The van der Waals surface area contributed by atoms with Crippen LogP contribution in [0.4, 0.5) is 5.69 Å². The van der Waals surface area contributed by atoms with Crippen molar-refractivity contribution in [2.45, 2.75) is 0 Å². The Bertz CT molecular complexity index is 638. The van der Waals surface area contributed by atoms with Gasteiger partial charge in [-0.15, -0.1) is 0 Å². The minimum absolute atomic E-state index is 0.314. The molecule has 2 amide bonds. The van der Waals surface area contributed by atoms with Gasteiger partial charge in [0.15, 0.2) is 0 Å². The molecule has 17 heavy (non-hydrogen) atoms. The highest BCUT2D eigenvalue weighted by Crippen LogP contribution is 2.27. The second-order valence-electron chi connectivity index (χ2n) is 3.69. The summed E-state index contributed by atoms with van der Waals surface area (Å²) in [5, 5.41) is 0.792. The molecule has 4 heteroatoms. The fourth-order valence-corrected chi connectivity index (χ4v) is 1.91. The van der Waals surface area contributed by atoms with E-state index in [0.29, 0.717) is 5.69 Å². The van der Waals surface area contributed by atoms with Crippen LogP contribution in [-0.4, -0.2) is 16.8 Å². The molecule has 2 heterocycles. The lowest BCUT2D eigenvalue weighted by molar-refractivity contribution is -0.119. The Morgan fingerprint density at radius 2 is 1.65 bits per heavy atom. The predicted molar refractivity (Wildman–Crippen MR) is 63.4 cm³/mol. The molecule has 3 rings (SSSR count). The summed E-state index contributed by atoms with van der Waals surface area (Å²) in [6, 6.07) is 9.08. The highest BCUT2D eigenvalue weighted by Gasteiger charge is 2.26. The average Bonchev–Trinajstić information content (AvgIpc) is 2.69. The smallest absolute Gasteiger partial charge is 0.258 e. The standard InChI is InChI=1S/C13H8N2O2/c16-12-5-6-13(17)15(12)11-7-8-14-10-4-2-1-3-9(10)11/h1-8H. The van der Waals surface area contributed by atoms with Crippen molar-refractivity contribution in [3.8, 4) is 0 Å². The number of hydrogen-bond donors (Lipinski definition) is 0. The second-order valence-corrected chi connectivity index (χ2v) is 3.69. The summed E-state index contributed by atoms with van der Waals surface area (Å²) < 4.78 is 0. The molecule has 1 aliphatic heterocycles. The van der Waals surface area contributed by atoms with Crippen LogP contribution >= 0.6 is 0 Å². The van der Waals surface area contributed by atoms with Crippen LogP contribution < -0.4 is 4.90 Å². The fraction of sp³-hybridized carbons (Fsp3) is 0. The molecule has 1 aromatic carbocycles. The molecule has 0 saturated heterocycles. The van der Waals surface area contributed by atoms with Gasteiger partial charge in [-0.25, -0.2) is 4.90 Å². The molecule has 0 unspecified atom stereocenters. The highest BCUT2D eigenvalue weighted by molar-refractivity contribution is 6.30. The summed E-state index contributed by atoms with van der Waals surface area (Å²) >= 11 is 0. The van der Waals surface area contributed by atoms with Crippen molar-refractivity contribution in [1.82, 2.24) is 4.98 Å². The van der Waals surface area contributed by atoms with Crippen LogP contribution in [0.25, 0.3) is 10.9 Å². The lowest BCUT2D eigenvalue weighted by Gasteiger charge is -2.15. The number of carbonyl (C=O) groups excluding carboxylic acids is 2. The largest absolute Gasteiger partial charge is 0.269 e. The van der Waals surface area contributed by atoms with E-state index in [1.807, 2.05) is 24.3 Å². The van der Waals surface area contributed by atoms with Gasteiger partial charge < -0.3 is 0 Å². The third-order valence-corrected chi connectivity index (χ3v) is 2.68. The third kappa shape index (κ3) is 1.42. The Labute approximate surface area is 97.2 Å². The fourth-order valence-electron chi connectivity index (χ4n) is 1.91. The van der Waals surface area contributed by atoms with E-state index in [4.69, 9.17) is 0 Å². The Hall–Kier alpha value is -2.49. The maximum atomic E-state index is 11.6. The first kappa shape index (κ1) is 9.72. The van der Waals surface area contributed by atoms with E-state index in [-0.39, 0.29) is 11.8 Å². The van der Waals surface area contributed by atoms with E-state index in [1.165, 1.54) is 12.2 Å². The molecular weight excluding hydrogens is 216 g/mol. The Kier molecular flexibility index (Phi) is 2.01. The van der Waals surface area contributed by atoms with Crippen LogP contribution in [-0.2, 0) is 9.59 Å². The maximum absolute atomic E-state index is 11.6. The lowest BCUT2D eigenvalue weighted by Crippen LogP contribution is -2.29.